The van der Waals surface area contributed by atoms with Gasteiger partial charge in [-0.25, -0.2) is 4.98 Å². The van der Waals surface area contributed by atoms with Crippen LogP contribution < -0.4 is 4.74 Å². The molecule has 3 nitrogen and oxygen atoms in total. The standard InChI is InChI=1S/C15H14ClNO2S/c1-9-8-10(4-7-13(9)20-3)14(18)12-6-5-11(16)15(17-12)19-2/h4-8H,1-3H3. The van der Waals surface area contributed by atoms with E-state index in [4.69, 9.17) is 16.3 Å². The molecule has 0 atom stereocenters. The van der Waals surface area contributed by atoms with E-state index in [2.05, 4.69) is 4.98 Å². The van der Waals surface area contributed by atoms with Crippen LogP contribution in [0.25, 0.3) is 0 Å². The van der Waals surface area contributed by atoms with Crippen molar-refractivity contribution in [1.82, 2.24) is 4.98 Å². The summed E-state index contributed by atoms with van der Waals surface area (Å²) in [4.78, 5) is 17.7. The fourth-order valence-corrected chi connectivity index (χ4v) is 2.63. The summed E-state index contributed by atoms with van der Waals surface area (Å²) in [6.45, 7) is 1.98. The molecule has 0 aliphatic carbocycles. The molecule has 1 heterocycles. The second-order valence-electron chi connectivity index (χ2n) is 4.20. The highest BCUT2D eigenvalue weighted by molar-refractivity contribution is 7.98. The lowest BCUT2D eigenvalue weighted by Gasteiger charge is -2.07. The molecule has 1 aromatic heterocycles. The Morgan fingerprint density at radius 2 is 2.05 bits per heavy atom. The van der Waals surface area contributed by atoms with Gasteiger partial charge in [-0.2, -0.15) is 0 Å². The van der Waals surface area contributed by atoms with Crippen molar-refractivity contribution in [2.75, 3.05) is 13.4 Å². The maximum atomic E-state index is 12.4. The third-order valence-corrected chi connectivity index (χ3v) is 4.08. The summed E-state index contributed by atoms with van der Waals surface area (Å²) < 4.78 is 5.03. The molecule has 0 amide bonds. The van der Waals surface area contributed by atoms with Gasteiger partial charge in [0.05, 0.1) is 7.11 Å². The molecule has 0 spiro atoms. The molecule has 5 heteroatoms. The summed E-state index contributed by atoms with van der Waals surface area (Å²) in [5, 5.41) is 0.387. The number of rotatable bonds is 4. The molecular weight excluding hydrogens is 294 g/mol. The summed E-state index contributed by atoms with van der Waals surface area (Å²) in [6, 6.07) is 8.84. The Hall–Kier alpha value is -1.52. The van der Waals surface area contributed by atoms with Gasteiger partial charge >= 0.3 is 0 Å². The number of hydrogen-bond donors (Lipinski definition) is 0. The molecule has 0 aliphatic rings. The normalized spacial score (nSPS) is 10.4. The van der Waals surface area contributed by atoms with E-state index in [1.807, 2.05) is 31.4 Å². The molecule has 1 aromatic carbocycles. The number of hydrogen-bond acceptors (Lipinski definition) is 4. The smallest absolute Gasteiger partial charge is 0.232 e. The van der Waals surface area contributed by atoms with E-state index in [0.29, 0.717) is 16.3 Å². The average molecular weight is 308 g/mol. The van der Waals surface area contributed by atoms with Crippen molar-refractivity contribution in [2.24, 2.45) is 0 Å². The van der Waals surface area contributed by atoms with Crippen molar-refractivity contribution in [3.8, 4) is 5.88 Å². The van der Waals surface area contributed by atoms with Gasteiger partial charge in [-0.05, 0) is 49.1 Å². The SMILES string of the molecule is COc1nc(C(=O)c2ccc(SC)c(C)c2)ccc1Cl. The van der Waals surface area contributed by atoms with Gasteiger partial charge in [-0.3, -0.25) is 4.79 Å². The van der Waals surface area contributed by atoms with Crippen LogP contribution >= 0.6 is 23.4 Å². The Labute approximate surface area is 127 Å². The molecule has 0 fully saturated rings. The van der Waals surface area contributed by atoms with Crippen LogP contribution in [0.1, 0.15) is 21.6 Å². The first-order chi connectivity index (χ1) is 9.56. The molecule has 20 heavy (non-hydrogen) atoms. The highest BCUT2D eigenvalue weighted by Crippen LogP contribution is 2.24. The summed E-state index contributed by atoms with van der Waals surface area (Å²) >= 11 is 7.57. The van der Waals surface area contributed by atoms with Crippen molar-refractivity contribution in [3.63, 3.8) is 0 Å². The van der Waals surface area contributed by atoms with Crippen molar-refractivity contribution in [3.05, 3.63) is 52.2 Å². The number of ether oxygens (including phenoxy) is 1. The van der Waals surface area contributed by atoms with Crippen molar-refractivity contribution in [1.29, 1.82) is 0 Å². The van der Waals surface area contributed by atoms with Gasteiger partial charge in [-0.1, -0.05) is 11.6 Å². The van der Waals surface area contributed by atoms with Crippen LogP contribution in [0.3, 0.4) is 0 Å². The van der Waals surface area contributed by atoms with Gasteiger partial charge in [0.1, 0.15) is 10.7 Å². The Morgan fingerprint density at radius 3 is 2.65 bits per heavy atom. The van der Waals surface area contributed by atoms with Gasteiger partial charge in [0, 0.05) is 10.5 Å². The van der Waals surface area contributed by atoms with Gasteiger partial charge in [0.15, 0.2) is 0 Å². The lowest BCUT2D eigenvalue weighted by molar-refractivity contribution is 0.103. The zero-order valence-corrected chi connectivity index (χ0v) is 13.0. The monoisotopic (exact) mass is 307 g/mol. The van der Waals surface area contributed by atoms with Crippen molar-refractivity contribution >= 4 is 29.1 Å². The third kappa shape index (κ3) is 2.97. The Kier molecular flexibility index (Phi) is 4.68. The Morgan fingerprint density at radius 1 is 1.30 bits per heavy atom. The second kappa shape index (κ2) is 6.29. The molecule has 0 N–H and O–H groups in total. The van der Waals surface area contributed by atoms with E-state index < -0.39 is 0 Å². The van der Waals surface area contributed by atoms with E-state index in [1.165, 1.54) is 7.11 Å². The fraction of sp³-hybridized carbons (Fsp3) is 0.200. The fourth-order valence-electron chi connectivity index (χ4n) is 1.86. The number of benzene rings is 1. The average Bonchev–Trinajstić information content (AvgIpc) is 2.47. The minimum absolute atomic E-state index is 0.143. The topological polar surface area (TPSA) is 39.2 Å². The molecule has 0 radical (unpaired) electrons. The number of aryl methyl sites for hydroxylation is 1. The second-order valence-corrected chi connectivity index (χ2v) is 5.46. The Balaban J connectivity index is 2.38. The third-order valence-electron chi connectivity index (χ3n) is 2.90. The summed E-state index contributed by atoms with van der Waals surface area (Å²) in [5.74, 6) is 0.116. The van der Waals surface area contributed by atoms with Gasteiger partial charge < -0.3 is 4.74 Å². The van der Waals surface area contributed by atoms with Crippen molar-refractivity contribution in [2.45, 2.75) is 11.8 Å². The number of carbonyl (C=O) groups excluding carboxylic acids is 1. The maximum absolute atomic E-state index is 12.4. The van der Waals surface area contributed by atoms with Crippen LogP contribution in [-0.4, -0.2) is 24.1 Å². The first-order valence-corrected chi connectivity index (χ1v) is 7.57. The van der Waals surface area contributed by atoms with Crippen LogP contribution in [0, 0.1) is 6.92 Å². The van der Waals surface area contributed by atoms with E-state index in [1.54, 1.807) is 23.9 Å². The van der Waals surface area contributed by atoms with E-state index >= 15 is 0 Å². The van der Waals surface area contributed by atoms with Gasteiger partial charge in [-0.15, -0.1) is 11.8 Å². The molecule has 0 unspecified atom stereocenters. The van der Waals surface area contributed by atoms with Crippen LogP contribution in [0.15, 0.2) is 35.2 Å². The van der Waals surface area contributed by atoms with E-state index in [0.717, 1.165) is 10.5 Å². The van der Waals surface area contributed by atoms with Crippen molar-refractivity contribution < 1.29 is 9.53 Å². The molecule has 0 saturated carbocycles. The van der Waals surface area contributed by atoms with Crippen LogP contribution in [0.2, 0.25) is 5.02 Å². The zero-order valence-electron chi connectivity index (χ0n) is 11.4. The highest BCUT2D eigenvalue weighted by Gasteiger charge is 2.14. The molecule has 2 aromatic rings. The van der Waals surface area contributed by atoms with Crippen LogP contribution in [0.5, 0.6) is 5.88 Å². The minimum Gasteiger partial charge on any atom is -0.480 e. The number of ketones is 1. The van der Waals surface area contributed by atoms with E-state index in [-0.39, 0.29) is 11.7 Å². The number of methoxy groups -OCH3 is 1. The zero-order chi connectivity index (χ0) is 14.7. The quantitative estimate of drug-likeness (QED) is 0.632. The lowest BCUT2D eigenvalue weighted by Crippen LogP contribution is -2.05. The number of pyridine rings is 1. The summed E-state index contributed by atoms with van der Waals surface area (Å²) in [5.41, 5.74) is 2.00. The molecule has 2 rings (SSSR count). The van der Waals surface area contributed by atoms with Gasteiger partial charge in [0.2, 0.25) is 11.7 Å². The first-order valence-electron chi connectivity index (χ1n) is 5.96. The maximum Gasteiger partial charge on any atom is 0.232 e. The molecule has 104 valence electrons. The number of carbonyl (C=O) groups is 1. The minimum atomic E-state index is -0.143. The molecular formula is C15H14ClNO2S. The lowest BCUT2D eigenvalue weighted by atomic mass is 10.1. The summed E-state index contributed by atoms with van der Waals surface area (Å²) in [6.07, 6.45) is 2.01. The molecule has 0 bridgehead atoms. The van der Waals surface area contributed by atoms with Crippen LogP contribution in [0.4, 0.5) is 0 Å². The predicted molar refractivity (Wildman–Crippen MR) is 82.2 cm³/mol. The first kappa shape index (κ1) is 14.9. The predicted octanol–water partition coefficient (Wildman–Crippen LogP) is 4.00. The molecule has 0 aliphatic heterocycles. The summed E-state index contributed by atoms with van der Waals surface area (Å²) in [7, 11) is 1.47. The largest absolute Gasteiger partial charge is 0.480 e. The number of nitrogens with zero attached hydrogens (tertiary/aromatic N) is 1. The van der Waals surface area contributed by atoms with Gasteiger partial charge in [0.25, 0.3) is 0 Å². The number of halogens is 1. The highest BCUT2D eigenvalue weighted by atomic mass is 35.5. The number of aromatic nitrogens is 1. The number of thioether (sulfide) groups is 1. The molecule has 0 saturated heterocycles. The van der Waals surface area contributed by atoms with E-state index in [9.17, 15) is 4.79 Å². The Bertz CT molecular complexity index is 658. The van der Waals surface area contributed by atoms with Crippen LogP contribution in [-0.2, 0) is 0 Å².